The molecular formula is C28H22N8O2S. The summed E-state index contributed by atoms with van der Waals surface area (Å²) in [6.45, 7) is 1.77. The van der Waals surface area contributed by atoms with E-state index in [9.17, 15) is 9.59 Å². The Morgan fingerprint density at radius 1 is 1.08 bits per heavy atom. The van der Waals surface area contributed by atoms with Gasteiger partial charge in [-0.1, -0.05) is 36.4 Å². The number of nitrogens with one attached hydrogen (secondary N) is 1. The van der Waals surface area contributed by atoms with Gasteiger partial charge in [0.1, 0.15) is 11.4 Å². The zero-order chi connectivity index (χ0) is 26.9. The maximum Gasteiger partial charge on any atom is 0.266 e. The Kier molecular flexibility index (Phi) is 6.17. The van der Waals surface area contributed by atoms with Gasteiger partial charge in [-0.2, -0.15) is 0 Å². The number of nitrogens with two attached hydrogens (primary N) is 1. The van der Waals surface area contributed by atoms with Crippen molar-refractivity contribution in [3.63, 3.8) is 0 Å². The molecule has 1 amide bonds. The minimum atomic E-state index is -0.665. The van der Waals surface area contributed by atoms with Gasteiger partial charge < -0.3 is 11.1 Å². The van der Waals surface area contributed by atoms with Gasteiger partial charge in [-0.25, -0.2) is 19.5 Å². The largest absolute Gasteiger partial charge is 0.381 e. The molecular weight excluding hydrogens is 512 g/mol. The predicted molar refractivity (Wildman–Crippen MR) is 152 cm³/mol. The first-order valence-corrected chi connectivity index (χ1v) is 13.0. The van der Waals surface area contributed by atoms with Crippen LogP contribution in [0.4, 0.5) is 5.82 Å². The average molecular weight is 535 g/mol. The van der Waals surface area contributed by atoms with Crippen LogP contribution in [0.1, 0.15) is 40.4 Å². The molecule has 0 aliphatic rings. The third-order valence-electron chi connectivity index (χ3n) is 6.24. The van der Waals surface area contributed by atoms with E-state index in [4.69, 9.17) is 10.7 Å². The second-order valence-electron chi connectivity index (χ2n) is 8.78. The molecule has 0 radical (unpaired) electrons. The molecule has 10 nitrogen and oxygen atoms in total. The third kappa shape index (κ3) is 4.44. The molecule has 4 aromatic heterocycles. The van der Waals surface area contributed by atoms with Crippen LogP contribution >= 0.6 is 11.3 Å². The summed E-state index contributed by atoms with van der Waals surface area (Å²) in [5, 5.41) is 9.50. The van der Waals surface area contributed by atoms with Gasteiger partial charge in [-0.3, -0.25) is 14.2 Å². The molecule has 0 saturated heterocycles. The number of hydrogen-bond donors (Lipinski definition) is 2. The number of carbonyl (C=O) groups excluding carboxylic acids is 1. The van der Waals surface area contributed by atoms with E-state index in [1.807, 2.05) is 60.0 Å². The van der Waals surface area contributed by atoms with E-state index in [1.165, 1.54) is 20.4 Å². The Hall–Kier alpha value is -5.16. The fourth-order valence-electron chi connectivity index (χ4n) is 4.46. The molecule has 0 fully saturated rings. The maximum absolute atomic E-state index is 14.1. The molecule has 6 rings (SSSR count). The van der Waals surface area contributed by atoms with Gasteiger partial charge in [-0.15, -0.1) is 16.4 Å². The number of benzene rings is 2. The SMILES string of the molecule is C[C@@H](NC(=O)c1c(N)nn2cccnc12)c1nc2cccc(C=Cc3cscn3)c2c(=O)n1-c1ccccc1. The Morgan fingerprint density at radius 3 is 2.72 bits per heavy atom. The van der Waals surface area contributed by atoms with Gasteiger partial charge in [-0.05, 0) is 42.8 Å². The highest BCUT2D eigenvalue weighted by atomic mass is 32.1. The molecule has 1 atom stereocenters. The highest BCUT2D eigenvalue weighted by Gasteiger charge is 2.24. The summed E-state index contributed by atoms with van der Waals surface area (Å²) in [5.41, 5.74) is 10.7. The van der Waals surface area contributed by atoms with Crippen LogP contribution in [-0.2, 0) is 0 Å². The monoisotopic (exact) mass is 534 g/mol. The van der Waals surface area contributed by atoms with Crippen LogP contribution in [0.25, 0.3) is 34.4 Å². The standard InChI is InChI=1S/C28H22N8O2S/c1-17(32-27(37)23-24(29)34-35-14-6-13-30-26(23)35)25-33-21-10-5-7-18(11-12-19-15-39-16-31-19)22(21)28(38)36(25)20-8-3-2-4-9-20/h2-17H,1H3,(H2,29,34)(H,32,37)/t17-/m1/s1. The molecule has 0 unspecified atom stereocenters. The van der Waals surface area contributed by atoms with Crippen molar-refractivity contribution < 1.29 is 4.79 Å². The lowest BCUT2D eigenvalue weighted by Gasteiger charge is -2.20. The number of aromatic nitrogens is 6. The molecule has 0 bridgehead atoms. The van der Waals surface area contributed by atoms with Crippen molar-refractivity contribution in [2.75, 3.05) is 5.73 Å². The molecule has 0 saturated carbocycles. The summed E-state index contributed by atoms with van der Waals surface area (Å²) in [6, 6.07) is 15.8. The Morgan fingerprint density at radius 2 is 1.92 bits per heavy atom. The highest BCUT2D eigenvalue weighted by molar-refractivity contribution is 7.07. The van der Waals surface area contributed by atoms with E-state index in [1.54, 1.807) is 37.0 Å². The first kappa shape index (κ1) is 24.2. The molecule has 192 valence electrons. The second-order valence-corrected chi connectivity index (χ2v) is 9.50. The maximum atomic E-state index is 14.1. The minimum Gasteiger partial charge on any atom is -0.381 e. The molecule has 0 spiro atoms. The smallest absolute Gasteiger partial charge is 0.266 e. The molecule has 3 N–H and O–H groups in total. The number of hydrogen-bond acceptors (Lipinski definition) is 8. The molecule has 6 aromatic rings. The number of thiazole rings is 1. The van der Waals surface area contributed by atoms with Crippen molar-refractivity contribution in [2.45, 2.75) is 13.0 Å². The Labute approximate surface area is 226 Å². The third-order valence-corrected chi connectivity index (χ3v) is 6.84. The van der Waals surface area contributed by atoms with Crippen molar-refractivity contribution >= 4 is 51.8 Å². The Bertz CT molecular complexity index is 1910. The van der Waals surface area contributed by atoms with Crippen LogP contribution in [0.3, 0.4) is 0 Å². The van der Waals surface area contributed by atoms with Gasteiger partial charge in [0.2, 0.25) is 0 Å². The van der Waals surface area contributed by atoms with Gasteiger partial charge >= 0.3 is 0 Å². The van der Waals surface area contributed by atoms with Crippen molar-refractivity contribution in [3.8, 4) is 5.69 Å². The summed E-state index contributed by atoms with van der Waals surface area (Å²) >= 11 is 1.50. The number of carbonyl (C=O) groups is 1. The minimum absolute atomic E-state index is 0.0573. The topological polar surface area (TPSA) is 133 Å². The van der Waals surface area contributed by atoms with E-state index >= 15 is 0 Å². The van der Waals surface area contributed by atoms with Gasteiger partial charge in [0, 0.05) is 17.8 Å². The lowest BCUT2D eigenvalue weighted by atomic mass is 10.1. The number of nitrogens with zero attached hydrogens (tertiary/aromatic N) is 6. The fourth-order valence-corrected chi connectivity index (χ4v) is 4.99. The van der Waals surface area contributed by atoms with Gasteiger partial charge in [0.25, 0.3) is 11.5 Å². The number of rotatable bonds is 6. The fraction of sp³-hybridized carbons (Fsp3) is 0.0714. The van der Waals surface area contributed by atoms with Crippen LogP contribution in [0.2, 0.25) is 0 Å². The average Bonchev–Trinajstić information content (AvgIpc) is 3.59. The summed E-state index contributed by atoms with van der Waals surface area (Å²) in [4.78, 5) is 40.9. The quantitative estimate of drug-likeness (QED) is 0.328. The first-order chi connectivity index (χ1) is 19.0. The molecule has 11 heteroatoms. The molecule has 39 heavy (non-hydrogen) atoms. The second kappa shape index (κ2) is 9.95. The van der Waals surface area contributed by atoms with E-state index < -0.39 is 11.9 Å². The number of nitrogen functional groups attached to an aromatic ring is 1. The van der Waals surface area contributed by atoms with E-state index in [2.05, 4.69) is 20.4 Å². The van der Waals surface area contributed by atoms with Crippen LogP contribution in [0.5, 0.6) is 0 Å². The summed E-state index contributed by atoms with van der Waals surface area (Å²) in [7, 11) is 0. The van der Waals surface area contributed by atoms with Crippen LogP contribution in [0, 0.1) is 0 Å². The lowest BCUT2D eigenvalue weighted by molar-refractivity contribution is 0.0940. The first-order valence-electron chi connectivity index (χ1n) is 12.1. The number of para-hydroxylation sites is 1. The van der Waals surface area contributed by atoms with Gasteiger partial charge in [0.15, 0.2) is 11.5 Å². The molecule has 4 heterocycles. The normalized spacial score (nSPS) is 12.3. The predicted octanol–water partition coefficient (Wildman–Crippen LogP) is 4.13. The van der Waals surface area contributed by atoms with Crippen molar-refractivity contribution in [3.05, 3.63) is 111 Å². The van der Waals surface area contributed by atoms with Crippen LogP contribution in [-0.4, -0.2) is 35.0 Å². The van der Waals surface area contributed by atoms with Crippen molar-refractivity contribution in [1.29, 1.82) is 0 Å². The number of anilines is 1. The molecule has 2 aromatic carbocycles. The molecule has 0 aliphatic carbocycles. The lowest BCUT2D eigenvalue weighted by Crippen LogP contribution is -2.33. The van der Waals surface area contributed by atoms with Crippen molar-refractivity contribution in [2.24, 2.45) is 0 Å². The number of fused-ring (bicyclic) bond motifs is 2. The molecule has 0 aliphatic heterocycles. The van der Waals surface area contributed by atoms with Crippen LogP contribution in [0.15, 0.2) is 82.7 Å². The van der Waals surface area contributed by atoms with E-state index in [-0.39, 0.29) is 16.9 Å². The van der Waals surface area contributed by atoms with Crippen molar-refractivity contribution in [1.82, 2.24) is 34.4 Å². The number of amides is 1. The zero-order valence-electron chi connectivity index (χ0n) is 20.7. The van der Waals surface area contributed by atoms with E-state index in [0.717, 1.165) is 11.3 Å². The summed E-state index contributed by atoms with van der Waals surface area (Å²) in [5.74, 6) is -0.0415. The Balaban J connectivity index is 1.47. The summed E-state index contributed by atoms with van der Waals surface area (Å²) < 4.78 is 2.98. The van der Waals surface area contributed by atoms with Crippen LogP contribution < -0.4 is 16.6 Å². The van der Waals surface area contributed by atoms with Gasteiger partial charge in [0.05, 0.1) is 33.8 Å². The summed E-state index contributed by atoms with van der Waals surface area (Å²) in [6.07, 6.45) is 6.96. The highest BCUT2D eigenvalue weighted by Crippen LogP contribution is 2.23. The zero-order valence-corrected chi connectivity index (χ0v) is 21.5. The van der Waals surface area contributed by atoms with E-state index in [0.29, 0.717) is 28.1 Å².